The number of rotatable bonds is 3. The molecule has 0 atom stereocenters. The van der Waals surface area contributed by atoms with Crippen molar-refractivity contribution in [1.29, 1.82) is 0 Å². The maximum atomic E-state index is 11.6. The Morgan fingerprint density at radius 3 is 2.53 bits per heavy atom. The van der Waals surface area contributed by atoms with Gasteiger partial charge in [-0.05, 0) is 43.9 Å². The van der Waals surface area contributed by atoms with Gasteiger partial charge in [0.05, 0.1) is 11.7 Å². The Bertz CT molecular complexity index is 1190. The average Bonchev–Trinajstić information content (AvgIpc) is 3.40. The maximum Gasteiger partial charge on any atom is 0.314 e. The molecule has 3 aromatic heterocycles. The third-order valence-corrected chi connectivity index (χ3v) is 5.93. The highest BCUT2D eigenvalue weighted by Crippen LogP contribution is 2.40. The van der Waals surface area contributed by atoms with Crippen LogP contribution in [-0.4, -0.2) is 48.3 Å². The van der Waals surface area contributed by atoms with Gasteiger partial charge in [-0.15, -0.1) is 0 Å². The number of carbonyl (C=O) groups is 1. The van der Waals surface area contributed by atoms with Crippen molar-refractivity contribution in [3.05, 3.63) is 66.5 Å². The maximum absolute atomic E-state index is 11.6. The van der Waals surface area contributed by atoms with Crippen molar-refractivity contribution < 1.29 is 4.79 Å². The topological polar surface area (TPSA) is 94.9 Å². The number of aryl methyl sites for hydroxylation is 1. The van der Waals surface area contributed by atoms with Crippen LogP contribution in [0.15, 0.2) is 55.4 Å². The Hall–Kier alpha value is -3.68. The molecule has 2 N–H and O–H groups in total. The van der Waals surface area contributed by atoms with Gasteiger partial charge in [0.25, 0.3) is 0 Å². The minimum atomic E-state index is -0.351. The van der Waals surface area contributed by atoms with Crippen LogP contribution in [0.3, 0.4) is 0 Å². The van der Waals surface area contributed by atoms with Gasteiger partial charge in [-0.2, -0.15) is 5.10 Å². The molecule has 8 heteroatoms. The van der Waals surface area contributed by atoms with Crippen molar-refractivity contribution in [2.45, 2.75) is 25.7 Å². The van der Waals surface area contributed by atoms with E-state index in [0.717, 1.165) is 35.2 Å². The minimum absolute atomic E-state index is 0.274. The van der Waals surface area contributed by atoms with Crippen LogP contribution in [0.25, 0.3) is 22.4 Å². The van der Waals surface area contributed by atoms with Crippen molar-refractivity contribution in [1.82, 2.24) is 29.2 Å². The average molecular weight is 401 g/mol. The number of hydrogen-bond donors (Lipinski definition) is 1. The molecule has 5 rings (SSSR count). The number of likely N-dealkylation sites (tertiary alicyclic amines) is 1. The number of benzene rings is 1. The van der Waals surface area contributed by atoms with Crippen LogP contribution in [0.4, 0.5) is 4.79 Å². The second-order valence-corrected chi connectivity index (χ2v) is 7.74. The fraction of sp³-hybridized carbons (Fsp3) is 0.273. The Morgan fingerprint density at radius 1 is 1.10 bits per heavy atom. The number of aromatic nitrogens is 5. The van der Waals surface area contributed by atoms with Crippen molar-refractivity contribution in [2.24, 2.45) is 5.73 Å². The molecule has 4 heterocycles. The summed E-state index contributed by atoms with van der Waals surface area (Å²) in [6.45, 7) is 3.38. The van der Waals surface area contributed by atoms with Gasteiger partial charge in [-0.1, -0.05) is 17.7 Å². The zero-order chi connectivity index (χ0) is 20.7. The first-order valence-corrected chi connectivity index (χ1v) is 10.1. The van der Waals surface area contributed by atoms with E-state index in [0.29, 0.717) is 13.1 Å². The highest BCUT2D eigenvalue weighted by atomic mass is 16.2. The molecule has 30 heavy (non-hydrogen) atoms. The van der Waals surface area contributed by atoms with E-state index in [1.807, 2.05) is 17.1 Å². The zero-order valence-corrected chi connectivity index (χ0v) is 16.8. The van der Waals surface area contributed by atoms with Gasteiger partial charge in [-0.25, -0.2) is 14.5 Å². The molecule has 8 nitrogen and oxygen atoms in total. The molecular weight excluding hydrogens is 378 g/mol. The third kappa shape index (κ3) is 3.01. The van der Waals surface area contributed by atoms with Crippen LogP contribution in [0, 0.1) is 6.92 Å². The summed E-state index contributed by atoms with van der Waals surface area (Å²) in [5.74, 6) is 1.24. The molecule has 1 aromatic carbocycles. The summed E-state index contributed by atoms with van der Waals surface area (Å²) < 4.78 is 4.03. The Labute approximate surface area is 174 Å². The highest BCUT2D eigenvalue weighted by Gasteiger charge is 2.30. The van der Waals surface area contributed by atoms with Gasteiger partial charge in [0.1, 0.15) is 18.5 Å². The molecule has 1 fully saturated rings. The van der Waals surface area contributed by atoms with E-state index < -0.39 is 0 Å². The molecule has 1 saturated heterocycles. The molecule has 0 aliphatic carbocycles. The Kier molecular flexibility index (Phi) is 4.46. The molecule has 1 aliphatic rings. The molecule has 0 unspecified atom stereocenters. The number of amides is 2. The summed E-state index contributed by atoms with van der Waals surface area (Å²) in [6, 6.07) is 10.2. The van der Waals surface area contributed by atoms with Crippen LogP contribution in [0.1, 0.15) is 29.9 Å². The summed E-state index contributed by atoms with van der Waals surface area (Å²) in [5, 5.41) is 5.61. The number of piperidine rings is 1. The molecule has 0 radical (unpaired) electrons. The highest BCUT2D eigenvalue weighted by molar-refractivity contribution is 5.89. The number of fused-ring (bicyclic) bond motifs is 1. The van der Waals surface area contributed by atoms with E-state index in [4.69, 9.17) is 5.73 Å². The molecular formula is C22H23N7O. The minimum Gasteiger partial charge on any atom is -0.351 e. The summed E-state index contributed by atoms with van der Waals surface area (Å²) >= 11 is 0. The molecule has 1 aliphatic heterocycles. The van der Waals surface area contributed by atoms with E-state index in [9.17, 15) is 4.79 Å². The summed E-state index contributed by atoms with van der Waals surface area (Å²) in [6.07, 6.45) is 8.70. The van der Waals surface area contributed by atoms with Gasteiger partial charge in [0, 0.05) is 35.9 Å². The number of nitrogens with zero attached hydrogens (tertiary/aromatic N) is 6. The number of pyridine rings is 1. The number of carbonyl (C=O) groups excluding carboxylic acids is 1. The SMILES string of the molecule is Cc1ccc(-n2c(-n3cncn3)c(C3CCN(C(N)=O)CC3)c3ccncc32)cc1. The monoisotopic (exact) mass is 401 g/mol. The fourth-order valence-electron chi connectivity index (χ4n) is 4.44. The predicted octanol–water partition coefficient (Wildman–Crippen LogP) is 3.17. The van der Waals surface area contributed by atoms with Crippen LogP contribution in [0.5, 0.6) is 0 Å². The fourth-order valence-corrected chi connectivity index (χ4v) is 4.44. The van der Waals surface area contributed by atoms with Crippen molar-refractivity contribution in [2.75, 3.05) is 13.1 Å². The Morgan fingerprint density at radius 2 is 1.87 bits per heavy atom. The van der Waals surface area contributed by atoms with Gasteiger partial charge in [0.15, 0.2) is 0 Å². The molecule has 0 spiro atoms. The second-order valence-electron chi connectivity index (χ2n) is 7.74. The molecule has 0 bridgehead atoms. The van der Waals surface area contributed by atoms with Crippen molar-refractivity contribution in [3.63, 3.8) is 0 Å². The summed E-state index contributed by atoms with van der Waals surface area (Å²) in [7, 11) is 0. The molecule has 2 amide bonds. The van der Waals surface area contributed by atoms with Crippen LogP contribution in [-0.2, 0) is 0 Å². The van der Waals surface area contributed by atoms with E-state index in [2.05, 4.69) is 56.9 Å². The van der Waals surface area contributed by atoms with E-state index in [-0.39, 0.29) is 11.9 Å². The predicted molar refractivity (Wildman–Crippen MR) is 114 cm³/mol. The lowest BCUT2D eigenvalue weighted by Crippen LogP contribution is -2.41. The quantitative estimate of drug-likeness (QED) is 0.570. The summed E-state index contributed by atoms with van der Waals surface area (Å²) in [5.41, 5.74) is 9.98. The van der Waals surface area contributed by atoms with Crippen LogP contribution >= 0.6 is 0 Å². The smallest absolute Gasteiger partial charge is 0.314 e. The number of nitrogens with two attached hydrogens (primary N) is 1. The largest absolute Gasteiger partial charge is 0.351 e. The molecule has 4 aromatic rings. The first kappa shape index (κ1) is 18.4. The van der Waals surface area contributed by atoms with Gasteiger partial charge in [0.2, 0.25) is 0 Å². The summed E-state index contributed by atoms with van der Waals surface area (Å²) in [4.78, 5) is 21.9. The number of hydrogen-bond acceptors (Lipinski definition) is 4. The second kappa shape index (κ2) is 7.29. The van der Waals surface area contributed by atoms with E-state index >= 15 is 0 Å². The van der Waals surface area contributed by atoms with Crippen LogP contribution < -0.4 is 5.73 Å². The molecule has 152 valence electrons. The number of urea groups is 1. The van der Waals surface area contributed by atoms with E-state index in [1.54, 1.807) is 17.6 Å². The first-order valence-electron chi connectivity index (χ1n) is 10.1. The van der Waals surface area contributed by atoms with E-state index in [1.165, 1.54) is 11.1 Å². The lowest BCUT2D eigenvalue weighted by Gasteiger charge is -2.31. The standard InChI is InChI=1S/C22H23N7O/c1-15-2-4-17(5-3-15)29-19-12-24-9-6-18(19)20(21(29)28-14-25-13-26-28)16-7-10-27(11-8-16)22(23)30/h2-6,9,12-14,16H,7-8,10-11H2,1H3,(H2,23,30). The Balaban J connectivity index is 1.73. The van der Waals surface area contributed by atoms with Gasteiger partial charge < -0.3 is 10.6 Å². The first-order chi connectivity index (χ1) is 14.6. The van der Waals surface area contributed by atoms with Gasteiger partial charge in [-0.3, -0.25) is 9.55 Å². The zero-order valence-electron chi connectivity index (χ0n) is 16.8. The normalized spacial score (nSPS) is 15.0. The number of primary amides is 1. The van der Waals surface area contributed by atoms with Gasteiger partial charge >= 0.3 is 6.03 Å². The lowest BCUT2D eigenvalue weighted by molar-refractivity contribution is 0.191. The van der Waals surface area contributed by atoms with Crippen LogP contribution in [0.2, 0.25) is 0 Å². The third-order valence-electron chi connectivity index (χ3n) is 5.93. The van der Waals surface area contributed by atoms with Crippen molar-refractivity contribution >= 4 is 16.9 Å². The molecule has 0 saturated carbocycles. The van der Waals surface area contributed by atoms with Crippen molar-refractivity contribution in [3.8, 4) is 11.5 Å². The lowest BCUT2D eigenvalue weighted by atomic mass is 9.88.